The van der Waals surface area contributed by atoms with Crippen molar-refractivity contribution in [2.45, 2.75) is 46.3 Å². The molecule has 0 aromatic carbocycles. The first-order valence-electron chi connectivity index (χ1n) is 9.40. The molecule has 0 unspecified atom stereocenters. The van der Waals surface area contributed by atoms with E-state index < -0.39 is 28.9 Å². The Kier molecular flexibility index (Phi) is 5.31. The van der Waals surface area contributed by atoms with Gasteiger partial charge in [-0.3, -0.25) is 9.48 Å². The lowest BCUT2D eigenvalue weighted by Gasteiger charge is -2.35. The molecule has 10 heteroatoms. The van der Waals surface area contributed by atoms with Crippen LogP contribution in [-0.2, 0) is 11.7 Å². The van der Waals surface area contributed by atoms with Crippen LogP contribution in [0.1, 0.15) is 48.2 Å². The number of carbonyl (C=O) groups excluding carboxylic acids is 1. The second-order valence-electron chi connectivity index (χ2n) is 8.22. The van der Waals surface area contributed by atoms with Crippen molar-refractivity contribution >= 4 is 11.9 Å². The van der Waals surface area contributed by atoms with Gasteiger partial charge in [-0.25, -0.2) is 9.97 Å². The van der Waals surface area contributed by atoms with Crippen molar-refractivity contribution in [3.05, 3.63) is 34.9 Å². The highest BCUT2D eigenvalue weighted by Gasteiger charge is 2.43. The van der Waals surface area contributed by atoms with Gasteiger partial charge in [0.25, 0.3) is 5.91 Å². The van der Waals surface area contributed by atoms with E-state index in [2.05, 4.69) is 15.1 Å². The smallest absolute Gasteiger partial charge is 0.337 e. The number of amides is 1. The standard InChI is InChI=1S/C19H25F3N6O/c1-12-10-13(2)25-17(24-12)27-8-6-26(7-9-27)16(29)14-11-23-28(18(3,4)5)15(14)19(20,21)22/h10-11H,6-9H2,1-5H3. The zero-order valence-electron chi connectivity index (χ0n) is 17.2. The Morgan fingerprint density at radius 2 is 1.55 bits per heavy atom. The molecule has 0 spiro atoms. The van der Waals surface area contributed by atoms with Crippen molar-refractivity contribution < 1.29 is 18.0 Å². The Balaban J connectivity index is 1.80. The van der Waals surface area contributed by atoms with E-state index in [4.69, 9.17) is 0 Å². The van der Waals surface area contributed by atoms with E-state index in [0.29, 0.717) is 19.0 Å². The van der Waals surface area contributed by atoms with Gasteiger partial charge in [-0.2, -0.15) is 18.3 Å². The van der Waals surface area contributed by atoms with Gasteiger partial charge in [-0.05, 0) is 40.7 Å². The highest BCUT2D eigenvalue weighted by Crippen LogP contribution is 2.35. The van der Waals surface area contributed by atoms with Crippen LogP contribution < -0.4 is 4.90 Å². The average Bonchev–Trinajstić information content (AvgIpc) is 3.06. The summed E-state index contributed by atoms with van der Waals surface area (Å²) in [6.07, 6.45) is -3.65. The highest BCUT2D eigenvalue weighted by molar-refractivity contribution is 5.95. The molecule has 0 atom stereocenters. The highest BCUT2D eigenvalue weighted by atomic mass is 19.4. The number of hydrogen-bond donors (Lipinski definition) is 0. The van der Waals surface area contributed by atoms with Crippen LogP contribution in [0.3, 0.4) is 0 Å². The van der Waals surface area contributed by atoms with Crippen LogP contribution in [0.25, 0.3) is 0 Å². The quantitative estimate of drug-likeness (QED) is 0.761. The summed E-state index contributed by atoms with van der Waals surface area (Å²) < 4.78 is 42.0. The van der Waals surface area contributed by atoms with Gasteiger partial charge in [0.05, 0.1) is 17.3 Å². The molecule has 0 aliphatic carbocycles. The number of anilines is 1. The molecule has 29 heavy (non-hydrogen) atoms. The molecule has 0 N–H and O–H groups in total. The fourth-order valence-corrected chi connectivity index (χ4v) is 3.41. The molecule has 0 bridgehead atoms. The Labute approximate surface area is 167 Å². The summed E-state index contributed by atoms with van der Waals surface area (Å²) in [4.78, 5) is 25.1. The number of nitrogens with zero attached hydrogens (tertiary/aromatic N) is 6. The van der Waals surface area contributed by atoms with E-state index in [1.165, 1.54) is 4.90 Å². The summed E-state index contributed by atoms with van der Waals surface area (Å²) in [5, 5.41) is 3.87. The number of aryl methyl sites for hydroxylation is 2. The molecule has 2 aromatic heterocycles. The normalized spacial score (nSPS) is 15.7. The molecule has 3 rings (SSSR count). The summed E-state index contributed by atoms with van der Waals surface area (Å²) in [5.41, 5.74) is -0.632. The van der Waals surface area contributed by atoms with Gasteiger partial charge < -0.3 is 9.80 Å². The van der Waals surface area contributed by atoms with Gasteiger partial charge in [0.15, 0.2) is 5.69 Å². The predicted octanol–water partition coefficient (Wildman–Crippen LogP) is 3.03. The molecule has 2 aromatic rings. The monoisotopic (exact) mass is 410 g/mol. The summed E-state index contributed by atoms with van der Waals surface area (Å²) in [6.45, 7) is 10.1. The van der Waals surface area contributed by atoms with Crippen LogP contribution in [0.2, 0.25) is 0 Å². The number of hydrogen-bond acceptors (Lipinski definition) is 5. The molecule has 0 radical (unpaired) electrons. The van der Waals surface area contributed by atoms with Gasteiger partial charge in [0.1, 0.15) is 0 Å². The molecule has 1 saturated heterocycles. The third-order valence-corrected chi connectivity index (χ3v) is 4.72. The van der Waals surface area contributed by atoms with E-state index in [0.717, 1.165) is 22.3 Å². The fraction of sp³-hybridized carbons (Fsp3) is 0.579. The molecule has 7 nitrogen and oxygen atoms in total. The molecule has 1 amide bonds. The average molecular weight is 410 g/mol. The Hall–Kier alpha value is -2.65. The van der Waals surface area contributed by atoms with Crippen LogP contribution in [0.5, 0.6) is 0 Å². The zero-order valence-corrected chi connectivity index (χ0v) is 17.2. The minimum atomic E-state index is -4.68. The van der Waals surface area contributed by atoms with Crippen molar-refractivity contribution in [1.82, 2.24) is 24.6 Å². The first-order chi connectivity index (χ1) is 13.4. The topological polar surface area (TPSA) is 67.2 Å². The van der Waals surface area contributed by atoms with Gasteiger partial charge in [-0.15, -0.1) is 0 Å². The van der Waals surface area contributed by atoms with E-state index in [9.17, 15) is 18.0 Å². The number of aromatic nitrogens is 4. The zero-order chi connectivity index (χ0) is 21.6. The minimum absolute atomic E-state index is 0.285. The largest absolute Gasteiger partial charge is 0.433 e. The number of alkyl halides is 3. The third kappa shape index (κ3) is 4.35. The summed E-state index contributed by atoms with van der Waals surface area (Å²) in [6, 6.07) is 1.87. The van der Waals surface area contributed by atoms with Gasteiger partial charge in [0, 0.05) is 37.6 Å². The maximum atomic E-state index is 13.7. The minimum Gasteiger partial charge on any atom is -0.337 e. The van der Waals surface area contributed by atoms with Gasteiger partial charge in [0.2, 0.25) is 5.95 Å². The van der Waals surface area contributed by atoms with Crippen molar-refractivity contribution in [1.29, 1.82) is 0 Å². The summed E-state index contributed by atoms with van der Waals surface area (Å²) >= 11 is 0. The van der Waals surface area contributed by atoms with Gasteiger partial charge in [-0.1, -0.05) is 0 Å². The Morgan fingerprint density at radius 3 is 2.03 bits per heavy atom. The van der Waals surface area contributed by atoms with Crippen LogP contribution in [0.15, 0.2) is 12.3 Å². The Bertz CT molecular complexity index is 887. The lowest BCUT2D eigenvalue weighted by atomic mass is 10.1. The third-order valence-electron chi connectivity index (χ3n) is 4.72. The van der Waals surface area contributed by atoms with Crippen molar-refractivity contribution in [2.75, 3.05) is 31.1 Å². The molecule has 158 valence electrons. The van der Waals surface area contributed by atoms with E-state index in [-0.39, 0.29) is 13.1 Å². The van der Waals surface area contributed by atoms with Crippen LogP contribution in [0, 0.1) is 13.8 Å². The second-order valence-corrected chi connectivity index (χ2v) is 8.22. The summed E-state index contributed by atoms with van der Waals surface area (Å²) in [5.74, 6) is -0.0834. The molecule has 1 aliphatic rings. The Morgan fingerprint density at radius 1 is 1.00 bits per heavy atom. The molecular formula is C19H25F3N6O. The van der Waals surface area contributed by atoms with Crippen molar-refractivity contribution in [2.24, 2.45) is 0 Å². The molecule has 1 aliphatic heterocycles. The number of piperazine rings is 1. The molecule has 3 heterocycles. The number of rotatable bonds is 2. The first-order valence-corrected chi connectivity index (χ1v) is 9.40. The maximum Gasteiger partial charge on any atom is 0.433 e. The van der Waals surface area contributed by atoms with E-state index >= 15 is 0 Å². The lowest BCUT2D eigenvalue weighted by Crippen LogP contribution is -2.49. The molecule has 0 saturated carbocycles. The molecular weight excluding hydrogens is 385 g/mol. The first kappa shape index (κ1) is 21.1. The van der Waals surface area contributed by atoms with Crippen molar-refractivity contribution in [3.63, 3.8) is 0 Å². The van der Waals surface area contributed by atoms with E-state index in [1.807, 2.05) is 24.8 Å². The van der Waals surface area contributed by atoms with Crippen LogP contribution in [0.4, 0.5) is 19.1 Å². The fourth-order valence-electron chi connectivity index (χ4n) is 3.41. The SMILES string of the molecule is Cc1cc(C)nc(N2CCN(C(=O)c3cnn(C(C)(C)C)c3C(F)(F)F)CC2)n1. The second kappa shape index (κ2) is 7.31. The van der Waals surface area contributed by atoms with Gasteiger partial charge >= 0.3 is 6.18 Å². The predicted molar refractivity (Wildman–Crippen MR) is 102 cm³/mol. The summed E-state index contributed by atoms with van der Waals surface area (Å²) in [7, 11) is 0. The van der Waals surface area contributed by atoms with E-state index in [1.54, 1.807) is 20.8 Å². The number of halogens is 3. The van der Waals surface area contributed by atoms with Crippen molar-refractivity contribution in [3.8, 4) is 0 Å². The van der Waals surface area contributed by atoms with Crippen LogP contribution in [-0.4, -0.2) is 56.7 Å². The lowest BCUT2D eigenvalue weighted by molar-refractivity contribution is -0.146. The number of carbonyl (C=O) groups is 1. The molecule has 1 fully saturated rings. The maximum absolute atomic E-state index is 13.7. The van der Waals surface area contributed by atoms with Crippen LogP contribution >= 0.6 is 0 Å².